The number of fused-ring (bicyclic) bond motifs is 1. The molecule has 3 rings (SSSR count). The molecule has 0 atom stereocenters. The van der Waals surface area contributed by atoms with Crippen molar-refractivity contribution in [2.24, 2.45) is 0 Å². The molecule has 114 valence electrons. The van der Waals surface area contributed by atoms with Crippen molar-refractivity contribution in [3.63, 3.8) is 0 Å². The Balaban J connectivity index is 2.16. The number of anilines is 1. The summed E-state index contributed by atoms with van der Waals surface area (Å²) in [5.41, 5.74) is 0.248. The molecule has 1 aliphatic rings. The molecule has 2 heterocycles. The average molecular weight is 309 g/mol. The molecule has 0 aliphatic carbocycles. The van der Waals surface area contributed by atoms with Gasteiger partial charge in [-0.1, -0.05) is 6.07 Å². The van der Waals surface area contributed by atoms with Crippen molar-refractivity contribution < 1.29 is 19.2 Å². The van der Waals surface area contributed by atoms with Crippen LogP contribution in [0.5, 0.6) is 0 Å². The van der Waals surface area contributed by atoms with Crippen molar-refractivity contribution in [1.29, 1.82) is 0 Å². The van der Waals surface area contributed by atoms with E-state index in [1.807, 2.05) is 0 Å². The Kier molecular flexibility index (Phi) is 3.46. The van der Waals surface area contributed by atoms with Crippen LogP contribution in [-0.2, 0) is 0 Å². The van der Waals surface area contributed by atoms with Crippen LogP contribution in [0.2, 0.25) is 0 Å². The Bertz CT molecular complexity index is 846. The Hall–Kier alpha value is -3.35. The molecule has 0 saturated carbocycles. The van der Waals surface area contributed by atoms with E-state index in [-0.39, 0.29) is 28.1 Å². The van der Waals surface area contributed by atoms with E-state index >= 15 is 0 Å². The highest BCUT2D eigenvalue weighted by molar-refractivity contribution is 6.34. The first-order valence-corrected chi connectivity index (χ1v) is 6.73. The summed E-state index contributed by atoms with van der Waals surface area (Å²) in [5, 5.41) is 2.40. The highest BCUT2D eigenvalue weighted by atomic mass is 16.2. The third-order valence-electron chi connectivity index (χ3n) is 3.53. The van der Waals surface area contributed by atoms with E-state index in [1.165, 1.54) is 31.4 Å². The summed E-state index contributed by atoms with van der Waals surface area (Å²) < 4.78 is 0. The van der Waals surface area contributed by atoms with Gasteiger partial charge in [-0.2, -0.15) is 0 Å². The molecule has 0 unspecified atom stereocenters. The van der Waals surface area contributed by atoms with Crippen molar-refractivity contribution in [3.8, 4) is 0 Å². The van der Waals surface area contributed by atoms with Gasteiger partial charge in [-0.3, -0.25) is 19.2 Å². The second-order valence-electron chi connectivity index (χ2n) is 4.82. The lowest BCUT2D eigenvalue weighted by Gasteiger charge is -2.11. The molecule has 23 heavy (non-hydrogen) atoms. The Morgan fingerprint density at radius 2 is 1.87 bits per heavy atom. The van der Waals surface area contributed by atoms with Gasteiger partial charge < -0.3 is 5.32 Å². The smallest absolute Gasteiger partial charge is 0.267 e. The van der Waals surface area contributed by atoms with E-state index in [2.05, 4.69) is 10.3 Å². The number of imide groups is 1. The van der Waals surface area contributed by atoms with E-state index in [9.17, 15) is 19.2 Å². The molecule has 1 aliphatic heterocycles. The van der Waals surface area contributed by atoms with E-state index in [0.29, 0.717) is 6.29 Å². The molecule has 7 nitrogen and oxygen atoms in total. The van der Waals surface area contributed by atoms with Crippen molar-refractivity contribution in [2.75, 3.05) is 11.9 Å². The second kappa shape index (κ2) is 5.45. The maximum absolute atomic E-state index is 12.5. The van der Waals surface area contributed by atoms with Gasteiger partial charge in [0, 0.05) is 18.8 Å². The number of hydrogen-bond acceptors (Lipinski definition) is 5. The van der Waals surface area contributed by atoms with Crippen LogP contribution < -0.4 is 10.2 Å². The molecule has 7 heteroatoms. The SMILES string of the molecule is CNC(=O)c1cc2c(cc1C=O)C(=O)N(c1ccccn1)C2=O. The number of nitrogens with zero attached hydrogens (tertiary/aromatic N) is 2. The van der Waals surface area contributed by atoms with Gasteiger partial charge in [0.2, 0.25) is 0 Å². The van der Waals surface area contributed by atoms with Crippen LogP contribution in [0.4, 0.5) is 5.82 Å². The molecule has 1 N–H and O–H groups in total. The first-order valence-electron chi connectivity index (χ1n) is 6.73. The van der Waals surface area contributed by atoms with Gasteiger partial charge in [0.1, 0.15) is 5.82 Å². The number of carbonyl (C=O) groups excluding carboxylic acids is 4. The van der Waals surface area contributed by atoms with E-state index in [1.54, 1.807) is 12.1 Å². The number of amides is 3. The zero-order valence-corrected chi connectivity index (χ0v) is 12.1. The first-order chi connectivity index (χ1) is 11.1. The summed E-state index contributed by atoms with van der Waals surface area (Å²) >= 11 is 0. The van der Waals surface area contributed by atoms with Crippen molar-refractivity contribution >= 4 is 29.8 Å². The Morgan fingerprint density at radius 3 is 2.43 bits per heavy atom. The van der Waals surface area contributed by atoms with Crippen LogP contribution in [0, 0.1) is 0 Å². The molecule has 0 fully saturated rings. The molecular weight excluding hydrogens is 298 g/mol. The van der Waals surface area contributed by atoms with Gasteiger partial charge in [-0.25, -0.2) is 9.88 Å². The van der Waals surface area contributed by atoms with Gasteiger partial charge in [0.05, 0.1) is 16.7 Å². The summed E-state index contributed by atoms with van der Waals surface area (Å²) in [6, 6.07) is 7.37. The fourth-order valence-corrected chi connectivity index (χ4v) is 2.43. The summed E-state index contributed by atoms with van der Waals surface area (Å²) in [5.74, 6) is -1.47. The Morgan fingerprint density at radius 1 is 1.17 bits per heavy atom. The predicted molar refractivity (Wildman–Crippen MR) is 80.6 cm³/mol. The lowest BCUT2D eigenvalue weighted by atomic mass is 9.99. The van der Waals surface area contributed by atoms with E-state index in [4.69, 9.17) is 0 Å². The molecule has 0 saturated heterocycles. The van der Waals surface area contributed by atoms with Gasteiger partial charge in [-0.15, -0.1) is 0 Å². The fraction of sp³-hybridized carbons (Fsp3) is 0.0625. The summed E-state index contributed by atoms with van der Waals surface area (Å²) in [4.78, 5) is 52.9. The fourth-order valence-electron chi connectivity index (χ4n) is 2.43. The highest BCUT2D eigenvalue weighted by Crippen LogP contribution is 2.29. The summed E-state index contributed by atoms with van der Waals surface area (Å²) in [7, 11) is 1.41. The number of aromatic nitrogens is 1. The summed E-state index contributed by atoms with van der Waals surface area (Å²) in [6.07, 6.45) is 1.94. The highest BCUT2D eigenvalue weighted by Gasteiger charge is 2.38. The number of aldehydes is 1. The third kappa shape index (κ3) is 2.18. The molecule has 1 aromatic carbocycles. The number of hydrogen-bond donors (Lipinski definition) is 1. The zero-order chi connectivity index (χ0) is 16.6. The molecule has 0 bridgehead atoms. The Labute approximate surface area is 130 Å². The first kappa shape index (κ1) is 14.6. The van der Waals surface area contributed by atoms with Gasteiger partial charge in [0.25, 0.3) is 17.7 Å². The van der Waals surface area contributed by atoms with Gasteiger partial charge >= 0.3 is 0 Å². The van der Waals surface area contributed by atoms with Crippen molar-refractivity contribution in [1.82, 2.24) is 10.3 Å². The lowest BCUT2D eigenvalue weighted by molar-refractivity contribution is 0.0923. The van der Waals surface area contributed by atoms with Crippen LogP contribution in [-0.4, -0.2) is 36.0 Å². The molecule has 1 aromatic heterocycles. The number of carbonyl (C=O) groups is 4. The minimum atomic E-state index is -0.577. The van der Waals surface area contributed by atoms with E-state index in [0.717, 1.165) is 4.90 Å². The normalized spacial score (nSPS) is 13.0. The maximum atomic E-state index is 12.5. The molecule has 2 aromatic rings. The minimum Gasteiger partial charge on any atom is -0.355 e. The number of benzene rings is 1. The van der Waals surface area contributed by atoms with Crippen molar-refractivity contribution in [3.05, 3.63) is 58.8 Å². The number of pyridine rings is 1. The second-order valence-corrected chi connectivity index (χ2v) is 4.82. The van der Waals surface area contributed by atoms with E-state index < -0.39 is 17.7 Å². The topological polar surface area (TPSA) is 96.4 Å². The van der Waals surface area contributed by atoms with Crippen LogP contribution in [0.15, 0.2) is 36.5 Å². The number of nitrogens with one attached hydrogen (secondary N) is 1. The van der Waals surface area contributed by atoms with Gasteiger partial charge in [0.15, 0.2) is 6.29 Å². The molecule has 0 radical (unpaired) electrons. The summed E-state index contributed by atoms with van der Waals surface area (Å²) in [6.45, 7) is 0. The van der Waals surface area contributed by atoms with Crippen molar-refractivity contribution in [2.45, 2.75) is 0 Å². The lowest BCUT2D eigenvalue weighted by Crippen LogP contribution is -2.30. The van der Waals surface area contributed by atoms with Crippen LogP contribution in [0.1, 0.15) is 41.4 Å². The molecule has 3 amide bonds. The number of rotatable bonds is 3. The minimum absolute atomic E-state index is 0.0465. The van der Waals surface area contributed by atoms with Crippen LogP contribution >= 0.6 is 0 Å². The average Bonchev–Trinajstić information content (AvgIpc) is 2.84. The molecular formula is C16H11N3O4. The quantitative estimate of drug-likeness (QED) is 0.675. The predicted octanol–water partition coefficient (Wildman–Crippen LogP) is 1.05. The zero-order valence-electron chi connectivity index (χ0n) is 12.1. The third-order valence-corrected chi connectivity index (χ3v) is 3.53. The molecule has 0 spiro atoms. The standard InChI is InChI=1S/C16H11N3O4/c1-17-14(21)10-7-12-11(6-9(10)8-20)15(22)19(16(12)23)13-4-2-3-5-18-13/h2-8H,1H3,(H,17,21). The van der Waals surface area contributed by atoms with Gasteiger partial charge in [-0.05, 0) is 24.3 Å². The maximum Gasteiger partial charge on any atom is 0.267 e. The monoisotopic (exact) mass is 309 g/mol. The van der Waals surface area contributed by atoms with Crippen LogP contribution in [0.3, 0.4) is 0 Å². The van der Waals surface area contributed by atoms with Crippen LogP contribution in [0.25, 0.3) is 0 Å². The largest absolute Gasteiger partial charge is 0.355 e.